The Labute approximate surface area is 230 Å². The molecule has 3 aromatic carbocycles. The molecular formula is C27H24F3N5O6. The average Bonchev–Trinajstić information content (AvgIpc) is 2.91. The molecule has 1 unspecified atom stereocenters. The number of imide groups is 1. The fourth-order valence-corrected chi connectivity index (χ4v) is 4.11. The fourth-order valence-electron chi connectivity index (χ4n) is 4.11. The summed E-state index contributed by atoms with van der Waals surface area (Å²) in [6.45, 7) is 0.511. The minimum atomic E-state index is -4.70. The minimum absolute atomic E-state index is 0.00971. The van der Waals surface area contributed by atoms with Crippen LogP contribution in [-0.2, 0) is 17.5 Å². The summed E-state index contributed by atoms with van der Waals surface area (Å²) in [4.78, 5) is 46.8. The lowest BCUT2D eigenvalue weighted by Crippen LogP contribution is -2.54. The van der Waals surface area contributed by atoms with Gasteiger partial charge in [-0.1, -0.05) is 18.2 Å². The molecule has 1 atom stereocenters. The summed E-state index contributed by atoms with van der Waals surface area (Å²) in [6.07, 6.45) is -4.70. The number of para-hydroxylation sites is 1. The number of rotatable bonds is 10. The van der Waals surface area contributed by atoms with E-state index in [9.17, 15) is 42.6 Å². The number of benzene rings is 3. The lowest BCUT2D eigenvalue weighted by molar-refractivity contribution is -0.137. The highest BCUT2D eigenvalue weighted by molar-refractivity contribution is 5.99. The summed E-state index contributed by atoms with van der Waals surface area (Å²) in [5, 5.41) is 32.5. The standard InChI is InChI=1S/C27H24F3N5O6/c28-27(29,30)16-6-8-21(33-19-4-2-1-3-17(19)24(37)38)22(10-16)34-20-7-5-14(9-18(20)25(39)40)11-31-12-15-13-32-26(41)35-23(15)36/h1-10,15,31,33-34H,11-13H2,(H,37,38)(H,39,40)(H2,32,35,36,41). The Morgan fingerprint density at radius 3 is 2.20 bits per heavy atom. The Hall–Kier alpha value is -5.11. The Kier molecular flexibility index (Phi) is 8.42. The molecule has 1 aliphatic rings. The van der Waals surface area contributed by atoms with Crippen molar-refractivity contribution in [1.29, 1.82) is 0 Å². The molecule has 4 rings (SSSR count). The molecule has 0 bridgehead atoms. The predicted molar refractivity (Wildman–Crippen MR) is 142 cm³/mol. The van der Waals surface area contributed by atoms with Crippen molar-refractivity contribution in [2.75, 3.05) is 23.7 Å². The molecule has 7 N–H and O–H groups in total. The third-order valence-corrected chi connectivity index (χ3v) is 6.19. The Morgan fingerprint density at radius 1 is 0.854 bits per heavy atom. The molecule has 11 nitrogen and oxygen atoms in total. The van der Waals surface area contributed by atoms with Gasteiger partial charge in [-0.15, -0.1) is 0 Å². The molecule has 0 saturated carbocycles. The summed E-state index contributed by atoms with van der Waals surface area (Å²) >= 11 is 0. The second-order valence-corrected chi connectivity index (χ2v) is 9.07. The minimum Gasteiger partial charge on any atom is -0.478 e. The number of amides is 3. The smallest absolute Gasteiger partial charge is 0.416 e. The van der Waals surface area contributed by atoms with Crippen LogP contribution in [0.5, 0.6) is 0 Å². The zero-order valence-corrected chi connectivity index (χ0v) is 21.1. The maximum atomic E-state index is 13.5. The van der Waals surface area contributed by atoms with Crippen LogP contribution < -0.4 is 26.6 Å². The molecular weight excluding hydrogens is 547 g/mol. The Morgan fingerprint density at radius 2 is 1.51 bits per heavy atom. The van der Waals surface area contributed by atoms with Crippen LogP contribution in [0.2, 0.25) is 0 Å². The quantitative estimate of drug-likeness (QED) is 0.189. The highest BCUT2D eigenvalue weighted by Crippen LogP contribution is 2.37. The lowest BCUT2D eigenvalue weighted by atomic mass is 10.1. The van der Waals surface area contributed by atoms with Gasteiger partial charge >= 0.3 is 24.1 Å². The summed E-state index contributed by atoms with van der Waals surface area (Å²) < 4.78 is 40.6. The highest BCUT2D eigenvalue weighted by Gasteiger charge is 2.31. The van der Waals surface area contributed by atoms with Crippen molar-refractivity contribution in [3.8, 4) is 0 Å². The molecule has 0 spiro atoms. The van der Waals surface area contributed by atoms with Crippen LogP contribution in [0.3, 0.4) is 0 Å². The zero-order chi connectivity index (χ0) is 29.7. The molecule has 0 aromatic heterocycles. The number of aromatic carboxylic acids is 2. The van der Waals surface area contributed by atoms with Crippen LogP contribution in [0.25, 0.3) is 0 Å². The van der Waals surface area contributed by atoms with E-state index in [0.29, 0.717) is 5.56 Å². The average molecular weight is 572 g/mol. The van der Waals surface area contributed by atoms with Crippen molar-refractivity contribution in [2.24, 2.45) is 5.92 Å². The van der Waals surface area contributed by atoms with Crippen LogP contribution in [0.1, 0.15) is 31.8 Å². The van der Waals surface area contributed by atoms with Crippen molar-refractivity contribution >= 4 is 46.6 Å². The first-order valence-corrected chi connectivity index (χ1v) is 12.2. The van der Waals surface area contributed by atoms with E-state index in [1.54, 1.807) is 12.1 Å². The molecule has 1 heterocycles. The normalized spacial score (nSPS) is 15.0. The monoisotopic (exact) mass is 571 g/mol. The highest BCUT2D eigenvalue weighted by atomic mass is 19.4. The molecule has 1 fully saturated rings. The van der Waals surface area contributed by atoms with E-state index < -0.39 is 41.5 Å². The summed E-state index contributed by atoms with van der Waals surface area (Å²) in [6, 6.07) is 12.3. The third kappa shape index (κ3) is 7.10. The number of halogens is 3. The zero-order valence-electron chi connectivity index (χ0n) is 21.1. The van der Waals surface area contributed by atoms with Crippen molar-refractivity contribution in [2.45, 2.75) is 12.7 Å². The third-order valence-electron chi connectivity index (χ3n) is 6.19. The van der Waals surface area contributed by atoms with E-state index >= 15 is 0 Å². The number of hydrogen-bond donors (Lipinski definition) is 7. The molecule has 1 aliphatic heterocycles. The van der Waals surface area contributed by atoms with E-state index in [1.165, 1.54) is 30.3 Å². The van der Waals surface area contributed by atoms with Crippen LogP contribution in [0.4, 0.5) is 40.7 Å². The number of anilines is 4. The van der Waals surface area contributed by atoms with E-state index in [4.69, 9.17) is 0 Å². The van der Waals surface area contributed by atoms with E-state index in [0.717, 1.165) is 18.2 Å². The van der Waals surface area contributed by atoms with Gasteiger partial charge in [0.2, 0.25) is 5.91 Å². The maximum Gasteiger partial charge on any atom is 0.416 e. The largest absolute Gasteiger partial charge is 0.478 e. The maximum absolute atomic E-state index is 13.5. The first-order valence-electron chi connectivity index (χ1n) is 12.2. The van der Waals surface area contributed by atoms with Gasteiger partial charge in [-0.3, -0.25) is 10.1 Å². The second kappa shape index (κ2) is 12.0. The molecule has 3 aromatic rings. The van der Waals surface area contributed by atoms with Crippen molar-refractivity contribution < 1.29 is 42.6 Å². The van der Waals surface area contributed by atoms with Gasteiger partial charge in [-0.05, 0) is 48.0 Å². The van der Waals surface area contributed by atoms with Gasteiger partial charge in [0.05, 0.1) is 45.4 Å². The van der Waals surface area contributed by atoms with Crippen molar-refractivity contribution in [1.82, 2.24) is 16.0 Å². The van der Waals surface area contributed by atoms with Gasteiger partial charge in [-0.2, -0.15) is 13.2 Å². The first kappa shape index (κ1) is 28.9. The molecule has 214 valence electrons. The second-order valence-electron chi connectivity index (χ2n) is 9.07. The number of carbonyl (C=O) groups is 4. The topological polar surface area (TPSA) is 169 Å². The lowest BCUT2D eigenvalue weighted by Gasteiger charge is -2.22. The number of hydrogen-bond acceptors (Lipinski definition) is 7. The van der Waals surface area contributed by atoms with E-state index in [2.05, 4.69) is 26.6 Å². The van der Waals surface area contributed by atoms with Gasteiger partial charge < -0.3 is 31.5 Å². The SMILES string of the molecule is O=C1NCC(CNCc2ccc(Nc3cc(C(F)(F)F)ccc3Nc3ccccc3C(=O)O)c(C(=O)O)c2)C(=O)N1. The van der Waals surface area contributed by atoms with E-state index in [-0.39, 0.29) is 53.5 Å². The van der Waals surface area contributed by atoms with Gasteiger partial charge in [-0.25, -0.2) is 14.4 Å². The number of nitrogens with one attached hydrogen (secondary N) is 5. The van der Waals surface area contributed by atoms with Gasteiger partial charge in [0.25, 0.3) is 0 Å². The van der Waals surface area contributed by atoms with Gasteiger partial charge in [0.1, 0.15) is 0 Å². The van der Waals surface area contributed by atoms with Crippen LogP contribution in [0, 0.1) is 5.92 Å². The van der Waals surface area contributed by atoms with Gasteiger partial charge in [0.15, 0.2) is 0 Å². The molecule has 0 radical (unpaired) electrons. The number of carbonyl (C=O) groups excluding carboxylic acids is 2. The predicted octanol–water partition coefficient (Wildman–Crippen LogP) is 4.13. The Bertz CT molecular complexity index is 1510. The number of carboxylic acids is 2. The molecule has 3 amide bonds. The summed E-state index contributed by atoms with van der Waals surface area (Å²) in [7, 11) is 0. The van der Waals surface area contributed by atoms with Crippen LogP contribution in [-0.4, -0.2) is 47.2 Å². The number of urea groups is 1. The van der Waals surface area contributed by atoms with E-state index in [1.807, 2.05) is 0 Å². The van der Waals surface area contributed by atoms with Crippen molar-refractivity contribution in [3.63, 3.8) is 0 Å². The Balaban J connectivity index is 1.59. The van der Waals surface area contributed by atoms with Crippen LogP contribution in [0.15, 0.2) is 60.7 Å². The van der Waals surface area contributed by atoms with Crippen molar-refractivity contribution in [3.05, 3.63) is 82.9 Å². The molecule has 1 saturated heterocycles. The molecule has 0 aliphatic carbocycles. The number of alkyl halides is 3. The number of carboxylic acid groups (broad SMARTS) is 2. The molecule has 41 heavy (non-hydrogen) atoms. The van der Waals surface area contributed by atoms with Crippen LogP contribution >= 0.6 is 0 Å². The first-order chi connectivity index (χ1) is 19.4. The fraction of sp³-hybridized carbons (Fsp3) is 0.185. The molecule has 14 heteroatoms. The summed E-state index contributed by atoms with van der Waals surface area (Å²) in [5.74, 6) is -3.56. The van der Waals surface area contributed by atoms with Gasteiger partial charge in [0, 0.05) is 19.6 Å². The summed E-state index contributed by atoms with van der Waals surface area (Å²) in [5.41, 5.74) is -0.789.